The Bertz CT molecular complexity index is 970. The van der Waals surface area contributed by atoms with Crippen LogP contribution in [0, 0.1) is 3.57 Å². The van der Waals surface area contributed by atoms with E-state index in [1.807, 2.05) is 18.2 Å². The fourth-order valence-corrected chi connectivity index (χ4v) is 3.18. The molecule has 2 aromatic rings. The molecule has 1 aliphatic heterocycles. The summed E-state index contributed by atoms with van der Waals surface area (Å²) in [7, 11) is 2.91. The number of halogens is 1. The Kier molecular flexibility index (Phi) is 5.45. The second-order valence-electron chi connectivity index (χ2n) is 5.55. The number of carbonyl (C=O) groups is 3. The van der Waals surface area contributed by atoms with Gasteiger partial charge in [-0.25, -0.2) is 9.69 Å². The third-order valence-corrected chi connectivity index (χ3v) is 4.56. The molecule has 8 heteroatoms. The number of methoxy groups -OCH3 is 2. The fraction of sp³-hybridized carbons (Fsp3) is 0.105. The molecule has 3 rings (SSSR count). The molecule has 27 heavy (non-hydrogen) atoms. The minimum atomic E-state index is -0.840. The van der Waals surface area contributed by atoms with Gasteiger partial charge in [0.15, 0.2) is 0 Å². The van der Waals surface area contributed by atoms with Gasteiger partial charge < -0.3 is 9.47 Å². The maximum atomic E-state index is 12.9. The first kappa shape index (κ1) is 18.9. The molecule has 1 N–H and O–H groups in total. The lowest BCUT2D eigenvalue weighted by Crippen LogP contribution is -2.54. The van der Waals surface area contributed by atoms with Gasteiger partial charge in [0.25, 0.3) is 11.8 Å². The molecule has 4 amide bonds. The van der Waals surface area contributed by atoms with Crippen LogP contribution < -0.4 is 19.7 Å². The zero-order valence-electron chi connectivity index (χ0n) is 14.5. The van der Waals surface area contributed by atoms with Crippen molar-refractivity contribution in [3.63, 3.8) is 0 Å². The third-order valence-electron chi connectivity index (χ3n) is 3.89. The van der Waals surface area contributed by atoms with E-state index in [-0.39, 0.29) is 17.0 Å². The van der Waals surface area contributed by atoms with Gasteiger partial charge in [-0.3, -0.25) is 14.9 Å². The van der Waals surface area contributed by atoms with Crippen molar-refractivity contribution in [2.75, 3.05) is 19.1 Å². The van der Waals surface area contributed by atoms with E-state index in [9.17, 15) is 14.4 Å². The van der Waals surface area contributed by atoms with Gasteiger partial charge in [0, 0.05) is 9.64 Å². The van der Waals surface area contributed by atoms with Crippen molar-refractivity contribution in [3.8, 4) is 11.5 Å². The van der Waals surface area contributed by atoms with Crippen molar-refractivity contribution in [1.29, 1.82) is 0 Å². The molecule has 1 heterocycles. The monoisotopic (exact) mass is 478 g/mol. The van der Waals surface area contributed by atoms with E-state index in [0.717, 1.165) is 8.47 Å². The highest BCUT2D eigenvalue weighted by atomic mass is 127. The van der Waals surface area contributed by atoms with Crippen LogP contribution in [0.3, 0.4) is 0 Å². The third kappa shape index (κ3) is 3.80. The summed E-state index contributed by atoms with van der Waals surface area (Å²) in [5, 5.41) is 2.19. The molecule has 1 aliphatic rings. The van der Waals surface area contributed by atoms with Crippen molar-refractivity contribution < 1.29 is 23.9 Å². The number of ether oxygens (including phenoxy) is 2. The molecule has 1 saturated heterocycles. The number of nitrogens with one attached hydrogen (secondary N) is 1. The van der Waals surface area contributed by atoms with Crippen molar-refractivity contribution in [2.45, 2.75) is 0 Å². The standard InChI is InChI=1S/C19H15IN2O5/c1-26-13-6-7-15(16(10-13)27-2)22-18(24)14(17(23)21-19(22)25)9-11-4-3-5-12(20)8-11/h3-10H,1-2H3,(H,21,23,25). The number of benzene rings is 2. The summed E-state index contributed by atoms with van der Waals surface area (Å²) in [5.74, 6) is -0.703. The van der Waals surface area contributed by atoms with E-state index in [1.165, 1.54) is 26.4 Å². The molecule has 2 aromatic carbocycles. The summed E-state index contributed by atoms with van der Waals surface area (Å²) >= 11 is 2.14. The lowest BCUT2D eigenvalue weighted by Gasteiger charge is -2.27. The first-order valence-corrected chi connectivity index (χ1v) is 8.91. The van der Waals surface area contributed by atoms with Crippen molar-refractivity contribution in [1.82, 2.24) is 5.32 Å². The quantitative estimate of drug-likeness (QED) is 0.415. The van der Waals surface area contributed by atoms with Crippen LogP contribution in [0.25, 0.3) is 6.08 Å². The summed E-state index contributed by atoms with van der Waals surface area (Å²) in [6.07, 6.45) is 1.45. The number of rotatable bonds is 4. The Labute approximate surface area is 169 Å². The largest absolute Gasteiger partial charge is 0.497 e. The normalized spacial score (nSPS) is 15.7. The van der Waals surface area contributed by atoms with Gasteiger partial charge in [-0.05, 0) is 58.5 Å². The van der Waals surface area contributed by atoms with Gasteiger partial charge in [-0.1, -0.05) is 12.1 Å². The molecule has 0 unspecified atom stereocenters. The van der Waals surface area contributed by atoms with Crippen LogP contribution in [0.2, 0.25) is 0 Å². The lowest BCUT2D eigenvalue weighted by atomic mass is 10.1. The summed E-state index contributed by atoms with van der Waals surface area (Å²) < 4.78 is 11.4. The average Bonchev–Trinajstić information content (AvgIpc) is 2.65. The first-order chi connectivity index (χ1) is 12.9. The number of barbiturate groups is 1. The van der Waals surface area contributed by atoms with Gasteiger partial charge in [-0.15, -0.1) is 0 Å². The summed E-state index contributed by atoms with van der Waals surface area (Å²) in [6, 6.07) is 11.1. The molecular formula is C19H15IN2O5. The molecular weight excluding hydrogens is 463 g/mol. The van der Waals surface area contributed by atoms with Crippen LogP contribution >= 0.6 is 22.6 Å². The maximum Gasteiger partial charge on any atom is 0.336 e. The summed E-state index contributed by atoms with van der Waals surface area (Å²) in [5.41, 5.74) is 0.743. The van der Waals surface area contributed by atoms with Gasteiger partial charge in [0.1, 0.15) is 17.1 Å². The number of anilines is 1. The zero-order chi connectivity index (χ0) is 19.6. The van der Waals surface area contributed by atoms with Gasteiger partial charge in [0.05, 0.1) is 19.9 Å². The average molecular weight is 478 g/mol. The van der Waals surface area contributed by atoms with Crippen molar-refractivity contribution in [2.24, 2.45) is 0 Å². The molecule has 0 atom stereocenters. The highest BCUT2D eigenvalue weighted by molar-refractivity contribution is 14.1. The molecule has 0 saturated carbocycles. The molecule has 0 spiro atoms. The van der Waals surface area contributed by atoms with Crippen LogP contribution in [0.1, 0.15) is 5.56 Å². The number of hydrogen-bond donors (Lipinski definition) is 1. The second kappa shape index (κ2) is 7.78. The number of imide groups is 2. The topological polar surface area (TPSA) is 84.9 Å². The minimum absolute atomic E-state index is 0.144. The molecule has 0 bridgehead atoms. The Morgan fingerprint density at radius 3 is 2.48 bits per heavy atom. The molecule has 1 fully saturated rings. The Morgan fingerprint density at radius 2 is 1.81 bits per heavy atom. The fourth-order valence-electron chi connectivity index (χ4n) is 2.61. The molecule has 7 nitrogen and oxygen atoms in total. The number of amides is 4. The molecule has 138 valence electrons. The first-order valence-electron chi connectivity index (χ1n) is 7.83. The summed E-state index contributed by atoms with van der Waals surface area (Å²) in [4.78, 5) is 38.4. The van der Waals surface area contributed by atoms with Crippen LogP contribution in [-0.4, -0.2) is 32.1 Å². The Balaban J connectivity index is 2.06. The number of carbonyl (C=O) groups excluding carboxylic acids is 3. The van der Waals surface area contributed by atoms with Crippen molar-refractivity contribution >= 4 is 52.2 Å². The van der Waals surface area contributed by atoms with Crippen LogP contribution in [0.15, 0.2) is 48.0 Å². The van der Waals surface area contributed by atoms with E-state index in [1.54, 1.807) is 18.2 Å². The number of nitrogens with zero attached hydrogens (tertiary/aromatic N) is 1. The number of hydrogen-bond acceptors (Lipinski definition) is 5. The number of urea groups is 1. The second-order valence-corrected chi connectivity index (χ2v) is 6.80. The van der Waals surface area contributed by atoms with Crippen LogP contribution in [0.4, 0.5) is 10.5 Å². The maximum absolute atomic E-state index is 12.9. The molecule has 0 aromatic heterocycles. The van der Waals surface area contributed by atoms with Crippen LogP contribution in [0.5, 0.6) is 11.5 Å². The Morgan fingerprint density at radius 1 is 1.04 bits per heavy atom. The van der Waals surface area contributed by atoms with E-state index >= 15 is 0 Å². The highest BCUT2D eigenvalue weighted by Gasteiger charge is 2.38. The SMILES string of the molecule is COc1ccc(N2C(=O)NC(=O)C(=Cc3cccc(I)c3)C2=O)c(OC)c1. The van der Waals surface area contributed by atoms with Gasteiger partial charge in [-0.2, -0.15) is 0 Å². The van der Waals surface area contributed by atoms with Crippen LogP contribution in [-0.2, 0) is 9.59 Å². The zero-order valence-corrected chi connectivity index (χ0v) is 16.6. The summed E-state index contributed by atoms with van der Waals surface area (Å²) in [6.45, 7) is 0. The van der Waals surface area contributed by atoms with Gasteiger partial charge in [0.2, 0.25) is 0 Å². The highest BCUT2D eigenvalue weighted by Crippen LogP contribution is 2.34. The minimum Gasteiger partial charge on any atom is -0.497 e. The van der Waals surface area contributed by atoms with E-state index < -0.39 is 17.8 Å². The smallest absolute Gasteiger partial charge is 0.336 e. The molecule has 0 radical (unpaired) electrons. The van der Waals surface area contributed by atoms with E-state index in [0.29, 0.717) is 11.3 Å². The van der Waals surface area contributed by atoms with Gasteiger partial charge >= 0.3 is 6.03 Å². The van der Waals surface area contributed by atoms with E-state index in [2.05, 4.69) is 27.9 Å². The van der Waals surface area contributed by atoms with Crippen molar-refractivity contribution in [3.05, 3.63) is 57.2 Å². The predicted octanol–water partition coefficient (Wildman–Crippen LogP) is 2.97. The predicted molar refractivity (Wildman–Crippen MR) is 108 cm³/mol. The Hall–Kier alpha value is -2.88. The lowest BCUT2D eigenvalue weighted by molar-refractivity contribution is -0.122. The molecule has 0 aliphatic carbocycles. The van der Waals surface area contributed by atoms with E-state index in [4.69, 9.17) is 9.47 Å².